The number of aryl methyl sites for hydroxylation is 1. The summed E-state index contributed by atoms with van der Waals surface area (Å²) in [6.45, 7) is 1.88. The van der Waals surface area contributed by atoms with Gasteiger partial charge in [0.2, 0.25) is 0 Å². The number of rotatable bonds is 3. The largest absolute Gasteiger partial charge is 0.496 e. The molecule has 0 saturated heterocycles. The van der Waals surface area contributed by atoms with E-state index in [1.54, 1.807) is 7.11 Å². The number of halogens is 3. The fourth-order valence-corrected chi connectivity index (χ4v) is 4.82. The number of fused-ring (bicyclic) bond motifs is 2. The first-order valence-corrected chi connectivity index (χ1v) is 14.3. The van der Waals surface area contributed by atoms with Crippen molar-refractivity contribution in [1.29, 1.82) is 0 Å². The van der Waals surface area contributed by atoms with Gasteiger partial charge in [0, 0.05) is 0 Å². The van der Waals surface area contributed by atoms with Crippen molar-refractivity contribution in [1.82, 2.24) is 19.9 Å². The Kier molecular flexibility index (Phi) is 10.7. The second-order valence-corrected chi connectivity index (χ2v) is 10.6. The van der Waals surface area contributed by atoms with Crippen LogP contribution in [0.3, 0.4) is 0 Å². The summed E-state index contributed by atoms with van der Waals surface area (Å²) in [6, 6.07) is 23.4. The maximum atomic E-state index is 9.26. The van der Waals surface area contributed by atoms with Gasteiger partial charge in [-0.1, -0.05) is 95.5 Å². The molecule has 0 amide bonds. The summed E-state index contributed by atoms with van der Waals surface area (Å²) < 4.78 is 5.96. The molecule has 13 heteroatoms. The quantitative estimate of drug-likeness (QED) is 0.169. The Morgan fingerprint density at radius 3 is 1.91 bits per heavy atom. The van der Waals surface area contributed by atoms with E-state index >= 15 is 0 Å². The van der Waals surface area contributed by atoms with Crippen LogP contribution < -0.4 is 21.7 Å². The van der Waals surface area contributed by atoms with Gasteiger partial charge in [-0.3, -0.25) is 0 Å². The van der Waals surface area contributed by atoms with Crippen LogP contribution in [-0.2, 0) is 0 Å². The van der Waals surface area contributed by atoms with Crippen molar-refractivity contribution in [2.24, 2.45) is 0 Å². The fraction of sp³-hybridized carbons (Fsp3) is 0.0667. The third-order valence-electron chi connectivity index (χ3n) is 6.29. The zero-order valence-electron chi connectivity index (χ0n) is 23.0. The molecule has 0 bridgehead atoms. The van der Waals surface area contributed by atoms with Crippen LogP contribution in [0, 0.1) is 6.92 Å². The minimum Gasteiger partial charge on any atom is -0.496 e. The summed E-state index contributed by atoms with van der Waals surface area (Å²) in [5, 5.41) is 23.1. The van der Waals surface area contributed by atoms with Gasteiger partial charge in [0.25, 0.3) is 0 Å². The second-order valence-electron chi connectivity index (χ2n) is 9.05. The number of hydrogen-bond acceptors (Lipinski definition) is 9. The van der Waals surface area contributed by atoms with E-state index in [0.717, 1.165) is 32.7 Å². The lowest BCUT2D eigenvalue weighted by molar-refractivity contribution is 0.417. The first-order chi connectivity index (χ1) is 20.6. The summed E-state index contributed by atoms with van der Waals surface area (Å²) in [7, 11) is 0.216. The van der Waals surface area contributed by atoms with Crippen LogP contribution in [0.25, 0.3) is 32.8 Å². The van der Waals surface area contributed by atoms with E-state index in [1.807, 2.05) is 79.7 Å². The first-order valence-electron chi connectivity index (χ1n) is 12.7. The lowest BCUT2D eigenvalue weighted by Gasteiger charge is -2.12. The molecule has 0 atom stereocenters. The molecule has 218 valence electrons. The standard InChI is InChI=1S/C15H12ClN3O.C11H11BO2.C4H3BrClN3/c1-20-11-7-6-9-4-2-3-5-10(9)13(11)14-15(17)19-12(16)8-18-14;1-8-6-7-9-4-2-3-5-10(9)11(8)12(13)14;5-3-4(7)9-2(6)1-8-3/h2-8H,1H3,(H2,17,19);2-7,13-14H,1H3;1H,(H2,7,9). The average Bonchev–Trinajstić information content (AvgIpc) is 2.99. The molecular formula is C30H26BBrCl2N6O3. The van der Waals surface area contributed by atoms with Crippen molar-refractivity contribution < 1.29 is 14.8 Å². The number of nitrogen functional groups attached to an aromatic ring is 2. The Bertz CT molecular complexity index is 1900. The van der Waals surface area contributed by atoms with Crippen LogP contribution in [0.4, 0.5) is 11.6 Å². The number of aromatic nitrogens is 4. The zero-order valence-corrected chi connectivity index (χ0v) is 26.1. The lowest BCUT2D eigenvalue weighted by Crippen LogP contribution is -2.32. The van der Waals surface area contributed by atoms with Crippen LogP contribution in [0.2, 0.25) is 10.3 Å². The molecule has 43 heavy (non-hydrogen) atoms. The van der Waals surface area contributed by atoms with Crippen molar-refractivity contribution in [3.8, 4) is 17.0 Å². The molecular weight excluding hydrogens is 654 g/mol. The third-order valence-corrected chi connectivity index (χ3v) is 7.26. The minimum absolute atomic E-state index is 0.269. The van der Waals surface area contributed by atoms with Crippen LogP contribution in [0.1, 0.15) is 5.56 Å². The van der Waals surface area contributed by atoms with E-state index in [0.29, 0.717) is 32.5 Å². The van der Waals surface area contributed by atoms with Gasteiger partial charge in [-0.25, -0.2) is 19.9 Å². The molecule has 4 aromatic carbocycles. The maximum Gasteiger partial charge on any atom is 0.489 e. The Balaban J connectivity index is 0.000000160. The Labute approximate surface area is 266 Å². The van der Waals surface area contributed by atoms with Crippen molar-refractivity contribution in [3.63, 3.8) is 0 Å². The van der Waals surface area contributed by atoms with Gasteiger partial charge >= 0.3 is 7.12 Å². The summed E-state index contributed by atoms with van der Waals surface area (Å²) in [5.41, 5.74) is 14.2. The third kappa shape index (κ3) is 7.70. The number of hydrogen-bond donors (Lipinski definition) is 4. The van der Waals surface area contributed by atoms with Crippen molar-refractivity contribution in [2.45, 2.75) is 6.92 Å². The number of anilines is 2. The molecule has 0 saturated carbocycles. The van der Waals surface area contributed by atoms with Crippen LogP contribution >= 0.6 is 39.1 Å². The van der Waals surface area contributed by atoms with E-state index < -0.39 is 7.12 Å². The Morgan fingerprint density at radius 2 is 1.33 bits per heavy atom. The van der Waals surface area contributed by atoms with Crippen LogP contribution in [-0.4, -0.2) is 44.2 Å². The van der Waals surface area contributed by atoms with Gasteiger partial charge in [-0.05, 0) is 55.9 Å². The SMILES string of the molecule is COc1ccc2ccccc2c1-c1ncc(Cl)nc1N.Cc1ccc2ccccc2c1B(O)O.Nc1nc(Cl)cnc1Br. The van der Waals surface area contributed by atoms with E-state index in [-0.39, 0.29) is 11.0 Å². The number of benzene rings is 4. The lowest BCUT2D eigenvalue weighted by atomic mass is 9.74. The Hall–Kier alpha value is -4.00. The van der Waals surface area contributed by atoms with Crippen LogP contribution in [0.5, 0.6) is 5.75 Å². The highest BCUT2D eigenvalue weighted by atomic mass is 79.9. The van der Waals surface area contributed by atoms with Gasteiger partial charge in [-0.15, -0.1) is 0 Å². The maximum absolute atomic E-state index is 9.26. The van der Waals surface area contributed by atoms with Gasteiger partial charge in [0.1, 0.15) is 26.4 Å². The number of ether oxygens (including phenoxy) is 1. The highest BCUT2D eigenvalue weighted by Crippen LogP contribution is 2.38. The molecule has 0 aliphatic heterocycles. The molecule has 6 rings (SSSR count). The average molecular weight is 680 g/mol. The predicted molar refractivity (Wildman–Crippen MR) is 179 cm³/mol. The molecule has 6 aromatic rings. The summed E-state index contributed by atoms with van der Waals surface area (Å²) in [4.78, 5) is 15.8. The van der Waals surface area contributed by atoms with E-state index in [9.17, 15) is 10.0 Å². The number of methoxy groups -OCH3 is 1. The number of nitrogens with two attached hydrogens (primary N) is 2. The molecule has 0 aliphatic rings. The predicted octanol–water partition coefficient (Wildman–Crippen LogP) is 5.84. The molecule has 0 aliphatic carbocycles. The van der Waals surface area contributed by atoms with Gasteiger partial charge in [0.05, 0.1) is 25.1 Å². The minimum atomic E-state index is -1.40. The normalized spacial score (nSPS) is 10.4. The van der Waals surface area contributed by atoms with Gasteiger partial charge < -0.3 is 26.3 Å². The summed E-state index contributed by atoms with van der Waals surface area (Å²) >= 11 is 14.3. The molecule has 0 unspecified atom stereocenters. The van der Waals surface area contributed by atoms with Crippen LogP contribution in [0.15, 0.2) is 89.8 Å². The number of nitrogens with zero attached hydrogens (tertiary/aromatic N) is 4. The van der Waals surface area contributed by atoms with Gasteiger partial charge in [-0.2, -0.15) is 0 Å². The van der Waals surface area contributed by atoms with E-state index in [2.05, 4.69) is 35.9 Å². The second kappa shape index (κ2) is 14.5. The smallest absolute Gasteiger partial charge is 0.489 e. The molecule has 0 fully saturated rings. The molecule has 2 heterocycles. The molecule has 9 nitrogen and oxygen atoms in total. The highest BCUT2D eigenvalue weighted by molar-refractivity contribution is 9.10. The topological polar surface area (TPSA) is 153 Å². The molecule has 2 aromatic heterocycles. The summed E-state index contributed by atoms with van der Waals surface area (Å²) in [6.07, 6.45) is 2.90. The zero-order chi connectivity index (χ0) is 31.1. The van der Waals surface area contributed by atoms with Gasteiger partial charge in [0.15, 0.2) is 11.6 Å². The van der Waals surface area contributed by atoms with Crippen molar-refractivity contribution in [3.05, 3.63) is 106 Å². The highest BCUT2D eigenvalue weighted by Gasteiger charge is 2.17. The fourth-order valence-electron chi connectivity index (χ4n) is 4.35. The summed E-state index contributed by atoms with van der Waals surface area (Å²) in [5.74, 6) is 1.29. The van der Waals surface area contributed by atoms with Crippen molar-refractivity contribution in [2.75, 3.05) is 18.6 Å². The Morgan fingerprint density at radius 1 is 0.767 bits per heavy atom. The van der Waals surface area contributed by atoms with E-state index in [4.69, 9.17) is 39.4 Å². The molecule has 6 N–H and O–H groups in total. The van der Waals surface area contributed by atoms with Crippen molar-refractivity contribution >= 4 is 84.9 Å². The monoisotopic (exact) mass is 678 g/mol. The first kappa shape index (κ1) is 31.9. The van der Waals surface area contributed by atoms with E-state index in [1.165, 1.54) is 12.4 Å². The molecule has 0 radical (unpaired) electrons. The molecule has 0 spiro atoms.